The molecule has 0 bridgehead atoms. The Kier molecular flexibility index (Phi) is 3.92. The molecule has 0 aromatic rings. The van der Waals surface area contributed by atoms with Crippen LogP contribution in [0.1, 0.15) is 25.7 Å². The van der Waals surface area contributed by atoms with Gasteiger partial charge in [0.25, 0.3) is 0 Å². The molecule has 4 heteroatoms. The van der Waals surface area contributed by atoms with E-state index in [1.807, 2.05) is 16.7 Å². The van der Waals surface area contributed by atoms with Gasteiger partial charge in [0.2, 0.25) is 5.91 Å². The first-order valence-corrected chi connectivity index (χ1v) is 7.02. The Bertz CT molecular complexity index is 229. The molecular formula is C11H20N2OS. The number of nitrogens with zero attached hydrogens (tertiary/aromatic N) is 1. The molecule has 0 radical (unpaired) electrons. The Hall–Kier alpha value is -0.220. The van der Waals surface area contributed by atoms with Crippen LogP contribution in [0.5, 0.6) is 0 Å². The van der Waals surface area contributed by atoms with Crippen LogP contribution in [0.25, 0.3) is 0 Å². The van der Waals surface area contributed by atoms with Crippen LogP contribution in [0.3, 0.4) is 0 Å². The largest absolute Gasteiger partial charge is 0.341 e. The highest BCUT2D eigenvalue weighted by atomic mass is 32.2. The summed E-state index contributed by atoms with van der Waals surface area (Å²) in [4.78, 5) is 13.9. The summed E-state index contributed by atoms with van der Waals surface area (Å²) in [5.74, 6) is 3.44. The molecule has 2 rings (SSSR count). The normalized spacial score (nSPS) is 28.3. The van der Waals surface area contributed by atoms with Crippen molar-refractivity contribution < 1.29 is 4.79 Å². The number of nitrogens with two attached hydrogens (primary N) is 1. The molecule has 2 N–H and O–H groups in total. The summed E-state index contributed by atoms with van der Waals surface area (Å²) in [6, 6.07) is 0.218. The monoisotopic (exact) mass is 228 g/mol. The van der Waals surface area contributed by atoms with Crippen molar-refractivity contribution in [3.05, 3.63) is 0 Å². The molecule has 86 valence electrons. The Morgan fingerprint density at radius 2 is 2.07 bits per heavy atom. The number of rotatable bonds is 2. The Balaban J connectivity index is 1.76. The zero-order valence-corrected chi connectivity index (χ0v) is 9.97. The summed E-state index contributed by atoms with van der Waals surface area (Å²) >= 11 is 2.01. The van der Waals surface area contributed by atoms with E-state index in [9.17, 15) is 4.79 Å². The fourth-order valence-corrected chi connectivity index (χ4v) is 3.54. The fourth-order valence-electron chi connectivity index (χ4n) is 2.34. The van der Waals surface area contributed by atoms with Gasteiger partial charge >= 0.3 is 0 Å². The minimum atomic E-state index is 0.218. The highest BCUT2D eigenvalue weighted by Gasteiger charge is 2.26. The highest BCUT2D eigenvalue weighted by molar-refractivity contribution is 7.99. The zero-order valence-electron chi connectivity index (χ0n) is 9.15. The van der Waals surface area contributed by atoms with Crippen LogP contribution < -0.4 is 5.73 Å². The maximum Gasteiger partial charge on any atom is 0.222 e. The molecule has 1 atom stereocenters. The fraction of sp³-hybridized carbons (Fsp3) is 0.909. The third-order valence-corrected chi connectivity index (χ3v) is 4.43. The van der Waals surface area contributed by atoms with E-state index in [0.717, 1.165) is 25.9 Å². The van der Waals surface area contributed by atoms with E-state index in [1.54, 1.807) is 0 Å². The molecule has 0 aliphatic carbocycles. The van der Waals surface area contributed by atoms with Gasteiger partial charge in [0.1, 0.15) is 0 Å². The molecule has 2 aliphatic rings. The maximum absolute atomic E-state index is 11.9. The van der Waals surface area contributed by atoms with Crippen molar-refractivity contribution in [1.29, 1.82) is 0 Å². The third kappa shape index (κ3) is 3.11. The molecule has 0 aromatic carbocycles. The lowest BCUT2D eigenvalue weighted by Crippen LogP contribution is -2.33. The van der Waals surface area contributed by atoms with E-state index >= 15 is 0 Å². The van der Waals surface area contributed by atoms with Gasteiger partial charge in [-0.3, -0.25) is 4.79 Å². The average molecular weight is 228 g/mol. The molecule has 15 heavy (non-hydrogen) atoms. The lowest BCUT2D eigenvalue weighted by molar-refractivity contribution is -0.131. The molecule has 2 aliphatic heterocycles. The Morgan fingerprint density at radius 1 is 1.33 bits per heavy atom. The molecule has 0 spiro atoms. The van der Waals surface area contributed by atoms with Crippen LogP contribution in [0, 0.1) is 5.92 Å². The molecule has 0 unspecified atom stereocenters. The topological polar surface area (TPSA) is 46.3 Å². The molecule has 0 aromatic heterocycles. The van der Waals surface area contributed by atoms with Crippen LogP contribution in [0.4, 0.5) is 0 Å². The van der Waals surface area contributed by atoms with Gasteiger partial charge in [-0.15, -0.1) is 0 Å². The summed E-state index contributed by atoms with van der Waals surface area (Å²) in [5.41, 5.74) is 5.80. The standard InChI is InChI=1S/C11H20N2OS/c12-10-1-4-13(8-10)11(14)7-9-2-5-15-6-3-9/h9-10H,1-8,12H2/t10-/m0/s1. The van der Waals surface area contributed by atoms with E-state index in [4.69, 9.17) is 5.73 Å². The van der Waals surface area contributed by atoms with Crippen LogP contribution in [-0.4, -0.2) is 41.4 Å². The first kappa shape index (κ1) is 11.3. The number of carbonyl (C=O) groups is 1. The lowest BCUT2D eigenvalue weighted by Gasteiger charge is -2.23. The number of likely N-dealkylation sites (tertiary alicyclic amines) is 1. The van der Waals surface area contributed by atoms with E-state index in [2.05, 4.69) is 0 Å². The summed E-state index contributed by atoms with van der Waals surface area (Å²) < 4.78 is 0. The van der Waals surface area contributed by atoms with E-state index in [-0.39, 0.29) is 6.04 Å². The maximum atomic E-state index is 11.9. The van der Waals surface area contributed by atoms with Crippen molar-refractivity contribution in [2.24, 2.45) is 11.7 Å². The van der Waals surface area contributed by atoms with Crippen molar-refractivity contribution >= 4 is 17.7 Å². The second kappa shape index (κ2) is 5.21. The van der Waals surface area contributed by atoms with Crippen molar-refractivity contribution in [3.63, 3.8) is 0 Å². The summed E-state index contributed by atoms with van der Waals surface area (Å²) in [6.07, 6.45) is 4.17. The smallest absolute Gasteiger partial charge is 0.222 e. The van der Waals surface area contributed by atoms with Gasteiger partial charge in [0, 0.05) is 25.6 Å². The second-order valence-electron chi connectivity index (χ2n) is 4.65. The van der Waals surface area contributed by atoms with Gasteiger partial charge in [-0.1, -0.05) is 0 Å². The van der Waals surface area contributed by atoms with Gasteiger partial charge in [0.15, 0.2) is 0 Å². The quantitative estimate of drug-likeness (QED) is 0.769. The molecule has 3 nitrogen and oxygen atoms in total. The van der Waals surface area contributed by atoms with Crippen LogP contribution >= 0.6 is 11.8 Å². The van der Waals surface area contributed by atoms with Gasteiger partial charge < -0.3 is 10.6 Å². The van der Waals surface area contributed by atoms with Crippen molar-refractivity contribution in [3.8, 4) is 0 Å². The number of hydrogen-bond acceptors (Lipinski definition) is 3. The van der Waals surface area contributed by atoms with E-state index in [0.29, 0.717) is 11.8 Å². The lowest BCUT2D eigenvalue weighted by atomic mass is 9.98. The predicted molar refractivity (Wildman–Crippen MR) is 63.8 cm³/mol. The summed E-state index contributed by atoms with van der Waals surface area (Å²) in [6.45, 7) is 1.65. The van der Waals surface area contributed by atoms with Crippen LogP contribution in [0.15, 0.2) is 0 Å². The molecular weight excluding hydrogens is 208 g/mol. The highest BCUT2D eigenvalue weighted by Crippen LogP contribution is 2.26. The molecule has 2 heterocycles. The zero-order chi connectivity index (χ0) is 10.7. The number of carbonyl (C=O) groups excluding carboxylic acids is 1. The van der Waals surface area contributed by atoms with E-state index in [1.165, 1.54) is 24.3 Å². The van der Waals surface area contributed by atoms with Gasteiger partial charge in [0.05, 0.1) is 0 Å². The van der Waals surface area contributed by atoms with Crippen LogP contribution in [0.2, 0.25) is 0 Å². The van der Waals surface area contributed by atoms with E-state index < -0.39 is 0 Å². The second-order valence-corrected chi connectivity index (χ2v) is 5.87. The summed E-state index contributed by atoms with van der Waals surface area (Å²) in [5, 5.41) is 0. The van der Waals surface area contributed by atoms with Crippen molar-refractivity contribution in [1.82, 2.24) is 4.90 Å². The number of hydrogen-bond donors (Lipinski definition) is 1. The molecule has 0 saturated carbocycles. The summed E-state index contributed by atoms with van der Waals surface area (Å²) in [7, 11) is 0. The van der Waals surface area contributed by atoms with Gasteiger partial charge in [-0.05, 0) is 36.7 Å². The minimum Gasteiger partial charge on any atom is -0.341 e. The Labute approximate surface area is 95.8 Å². The van der Waals surface area contributed by atoms with Crippen molar-refractivity contribution in [2.45, 2.75) is 31.7 Å². The van der Waals surface area contributed by atoms with Gasteiger partial charge in [-0.25, -0.2) is 0 Å². The number of amides is 1. The predicted octanol–water partition coefficient (Wildman–Crippen LogP) is 1.08. The molecule has 2 fully saturated rings. The Morgan fingerprint density at radius 3 is 2.67 bits per heavy atom. The van der Waals surface area contributed by atoms with Gasteiger partial charge in [-0.2, -0.15) is 11.8 Å². The SMILES string of the molecule is N[C@H]1CCN(C(=O)CC2CCSCC2)C1. The molecule has 2 saturated heterocycles. The third-order valence-electron chi connectivity index (χ3n) is 3.38. The molecule has 1 amide bonds. The minimum absolute atomic E-state index is 0.218. The van der Waals surface area contributed by atoms with Crippen LogP contribution in [-0.2, 0) is 4.79 Å². The average Bonchev–Trinajstić information content (AvgIpc) is 2.66. The number of thioether (sulfide) groups is 1. The first-order valence-electron chi connectivity index (χ1n) is 5.87. The first-order chi connectivity index (χ1) is 7.25. The van der Waals surface area contributed by atoms with Crippen molar-refractivity contribution in [2.75, 3.05) is 24.6 Å².